The number of hydrogen-bond donors (Lipinski definition) is 2. The number of carbonyl (C=O) groups is 1. The normalized spacial score (nSPS) is 10.4. The molecule has 0 fully saturated rings. The van der Waals surface area contributed by atoms with Gasteiger partial charge in [0.15, 0.2) is 5.82 Å². The SMILES string of the molecule is Cc1[nH]nc(NC(=O)c2cc(F)ccc2Br)c1C. The van der Waals surface area contributed by atoms with Gasteiger partial charge in [-0.2, -0.15) is 5.10 Å². The van der Waals surface area contributed by atoms with Crippen molar-refractivity contribution in [3.05, 3.63) is 45.3 Å². The number of aryl methyl sites for hydroxylation is 1. The fourth-order valence-electron chi connectivity index (χ4n) is 1.45. The highest BCUT2D eigenvalue weighted by molar-refractivity contribution is 9.10. The van der Waals surface area contributed by atoms with Crippen LogP contribution in [0.4, 0.5) is 10.2 Å². The minimum absolute atomic E-state index is 0.232. The number of aromatic nitrogens is 2. The molecule has 0 atom stereocenters. The van der Waals surface area contributed by atoms with Gasteiger partial charge in [-0.3, -0.25) is 9.89 Å². The second kappa shape index (κ2) is 4.89. The number of aromatic amines is 1. The van der Waals surface area contributed by atoms with E-state index < -0.39 is 11.7 Å². The van der Waals surface area contributed by atoms with Crippen LogP contribution in [0, 0.1) is 19.7 Å². The van der Waals surface area contributed by atoms with E-state index >= 15 is 0 Å². The lowest BCUT2D eigenvalue weighted by molar-refractivity contribution is 0.102. The third-order valence-electron chi connectivity index (χ3n) is 2.66. The summed E-state index contributed by atoms with van der Waals surface area (Å²) in [6.07, 6.45) is 0. The van der Waals surface area contributed by atoms with Crippen LogP contribution in [0.15, 0.2) is 22.7 Å². The summed E-state index contributed by atoms with van der Waals surface area (Å²) in [5.41, 5.74) is 1.97. The molecular weight excluding hydrogens is 301 g/mol. The number of nitrogens with one attached hydrogen (secondary N) is 2. The maximum absolute atomic E-state index is 13.1. The smallest absolute Gasteiger partial charge is 0.258 e. The molecule has 1 aromatic heterocycles. The summed E-state index contributed by atoms with van der Waals surface area (Å²) < 4.78 is 13.6. The Labute approximate surface area is 112 Å². The first-order valence-corrected chi connectivity index (χ1v) is 6.06. The number of H-pyrrole nitrogens is 1. The quantitative estimate of drug-likeness (QED) is 0.895. The van der Waals surface area contributed by atoms with Gasteiger partial charge >= 0.3 is 0 Å². The average Bonchev–Trinajstić information content (AvgIpc) is 2.64. The van der Waals surface area contributed by atoms with E-state index in [-0.39, 0.29) is 5.56 Å². The molecule has 0 saturated heterocycles. The van der Waals surface area contributed by atoms with E-state index in [2.05, 4.69) is 31.4 Å². The Morgan fingerprint density at radius 3 is 2.78 bits per heavy atom. The zero-order valence-corrected chi connectivity index (χ0v) is 11.4. The van der Waals surface area contributed by atoms with Crippen LogP contribution in [-0.4, -0.2) is 16.1 Å². The predicted octanol–water partition coefficient (Wildman–Crippen LogP) is 3.18. The number of halogens is 2. The van der Waals surface area contributed by atoms with Gasteiger partial charge in [0.1, 0.15) is 5.82 Å². The minimum atomic E-state index is -0.460. The van der Waals surface area contributed by atoms with Gasteiger partial charge in [-0.15, -0.1) is 0 Å². The van der Waals surface area contributed by atoms with Crippen molar-refractivity contribution in [2.75, 3.05) is 5.32 Å². The van der Waals surface area contributed by atoms with Gasteiger partial charge in [-0.05, 0) is 48.0 Å². The summed E-state index contributed by atoms with van der Waals surface area (Å²) in [5.74, 6) is -0.414. The zero-order valence-electron chi connectivity index (χ0n) is 9.84. The Balaban J connectivity index is 2.27. The lowest BCUT2D eigenvalue weighted by atomic mass is 10.2. The van der Waals surface area contributed by atoms with Crippen LogP contribution in [0.5, 0.6) is 0 Å². The number of nitrogens with zero attached hydrogens (tertiary/aromatic N) is 1. The third-order valence-corrected chi connectivity index (χ3v) is 3.35. The standard InChI is InChI=1S/C12H11BrFN3O/c1-6-7(2)16-17-11(6)15-12(18)9-5-8(14)3-4-10(9)13/h3-5H,1-2H3,(H2,15,16,17,18). The van der Waals surface area contributed by atoms with Crippen LogP contribution in [-0.2, 0) is 0 Å². The minimum Gasteiger partial charge on any atom is -0.305 e. The largest absolute Gasteiger partial charge is 0.305 e. The van der Waals surface area contributed by atoms with E-state index in [1.54, 1.807) is 0 Å². The van der Waals surface area contributed by atoms with Crippen LogP contribution >= 0.6 is 15.9 Å². The van der Waals surface area contributed by atoms with Crippen molar-refractivity contribution in [2.45, 2.75) is 13.8 Å². The highest BCUT2D eigenvalue weighted by Gasteiger charge is 2.14. The predicted molar refractivity (Wildman–Crippen MR) is 70.1 cm³/mol. The lowest BCUT2D eigenvalue weighted by Gasteiger charge is -2.05. The second-order valence-corrected chi connectivity index (χ2v) is 4.75. The van der Waals surface area contributed by atoms with Crippen LogP contribution in [0.1, 0.15) is 21.6 Å². The van der Waals surface area contributed by atoms with Gasteiger partial charge < -0.3 is 5.32 Å². The highest BCUT2D eigenvalue weighted by atomic mass is 79.9. The molecule has 2 aromatic rings. The van der Waals surface area contributed by atoms with Gasteiger partial charge in [-0.25, -0.2) is 4.39 Å². The van der Waals surface area contributed by atoms with Gasteiger partial charge in [0.25, 0.3) is 5.91 Å². The summed E-state index contributed by atoms with van der Waals surface area (Å²) in [4.78, 5) is 12.0. The fourth-order valence-corrected chi connectivity index (χ4v) is 1.88. The molecule has 1 heterocycles. The van der Waals surface area contributed by atoms with E-state index in [1.165, 1.54) is 18.2 Å². The number of rotatable bonds is 2. The molecule has 1 amide bonds. The van der Waals surface area contributed by atoms with Crippen LogP contribution in [0.3, 0.4) is 0 Å². The Bertz CT molecular complexity index is 609. The Hall–Kier alpha value is -1.69. The Kier molecular flexibility index (Phi) is 3.47. The molecule has 0 radical (unpaired) electrons. The first-order chi connectivity index (χ1) is 8.49. The molecule has 0 spiro atoms. The van der Waals surface area contributed by atoms with Gasteiger partial charge in [0.05, 0.1) is 5.56 Å². The molecule has 0 unspecified atom stereocenters. The summed E-state index contributed by atoms with van der Waals surface area (Å²) in [6.45, 7) is 3.70. The molecule has 0 bridgehead atoms. The van der Waals surface area contributed by atoms with Crippen molar-refractivity contribution in [1.29, 1.82) is 0 Å². The average molecular weight is 312 g/mol. The van der Waals surface area contributed by atoms with Crippen molar-refractivity contribution >= 4 is 27.7 Å². The fraction of sp³-hybridized carbons (Fsp3) is 0.167. The summed E-state index contributed by atoms with van der Waals surface area (Å²) >= 11 is 3.21. The van der Waals surface area contributed by atoms with E-state index in [0.717, 1.165) is 11.3 Å². The van der Waals surface area contributed by atoms with Crippen LogP contribution in [0.25, 0.3) is 0 Å². The first kappa shape index (κ1) is 12.8. The number of hydrogen-bond acceptors (Lipinski definition) is 2. The van der Waals surface area contributed by atoms with Crippen molar-refractivity contribution in [3.63, 3.8) is 0 Å². The van der Waals surface area contributed by atoms with Gasteiger partial charge in [-0.1, -0.05) is 0 Å². The molecular formula is C12H11BrFN3O. The van der Waals surface area contributed by atoms with Gasteiger partial charge in [0, 0.05) is 15.7 Å². The molecule has 0 aliphatic rings. The van der Waals surface area contributed by atoms with Crippen molar-refractivity contribution in [1.82, 2.24) is 10.2 Å². The van der Waals surface area contributed by atoms with Gasteiger partial charge in [0.2, 0.25) is 0 Å². The van der Waals surface area contributed by atoms with E-state index in [0.29, 0.717) is 10.3 Å². The molecule has 0 aliphatic heterocycles. The highest BCUT2D eigenvalue weighted by Crippen LogP contribution is 2.20. The first-order valence-electron chi connectivity index (χ1n) is 5.27. The van der Waals surface area contributed by atoms with Crippen LogP contribution < -0.4 is 5.32 Å². The lowest BCUT2D eigenvalue weighted by Crippen LogP contribution is -2.14. The number of carbonyl (C=O) groups excluding carboxylic acids is 1. The molecule has 2 N–H and O–H groups in total. The summed E-state index contributed by atoms with van der Waals surface area (Å²) in [5, 5.41) is 9.37. The van der Waals surface area contributed by atoms with E-state index in [9.17, 15) is 9.18 Å². The van der Waals surface area contributed by atoms with Crippen LogP contribution in [0.2, 0.25) is 0 Å². The molecule has 0 aliphatic carbocycles. The number of amides is 1. The topological polar surface area (TPSA) is 57.8 Å². The Morgan fingerprint density at radius 2 is 2.17 bits per heavy atom. The molecule has 4 nitrogen and oxygen atoms in total. The summed E-state index contributed by atoms with van der Waals surface area (Å²) in [7, 11) is 0. The molecule has 6 heteroatoms. The molecule has 0 saturated carbocycles. The molecule has 18 heavy (non-hydrogen) atoms. The summed E-state index contributed by atoms with van der Waals surface area (Å²) in [6, 6.07) is 3.95. The zero-order chi connectivity index (χ0) is 13.3. The van der Waals surface area contributed by atoms with E-state index in [1.807, 2.05) is 13.8 Å². The molecule has 2 rings (SSSR count). The molecule has 94 valence electrons. The van der Waals surface area contributed by atoms with Crippen molar-refractivity contribution in [3.8, 4) is 0 Å². The second-order valence-electron chi connectivity index (χ2n) is 3.90. The molecule has 1 aromatic carbocycles. The third kappa shape index (κ3) is 2.43. The number of anilines is 1. The van der Waals surface area contributed by atoms with Crippen molar-refractivity contribution < 1.29 is 9.18 Å². The monoisotopic (exact) mass is 311 g/mol. The van der Waals surface area contributed by atoms with Crippen molar-refractivity contribution in [2.24, 2.45) is 0 Å². The maximum atomic E-state index is 13.1. The Morgan fingerprint density at radius 1 is 1.44 bits per heavy atom. The maximum Gasteiger partial charge on any atom is 0.258 e. The number of benzene rings is 1. The van der Waals surface area contributed by atoms with E-state index in [4.69, 9.17) is 0 Å².